The Morgan fingerprint density at radius 3 is 2.50 bits per heavy atom. The van der Waals surface area contributed by atoms with Gasteiger partial charge in [-0.3, -0.25) is 4.79 Å². The molecule has 1 fully saturated rings. The van der Waals surface area contributed by atoms with E-state index in [9.17, 15) is 18.0 Å². The molecule has 3 N–H and O–H groups in total. The molecule has 0 bridgehead atoms. The highest BCUT2D eigenvalue weighted by atomic mass is 19.4. The van der Waals surface area contributed by atoms with E-state index < -0.39 is 18.5 Å². The molecule has 0 aromatic carbocycles. The van der Waals surface area contributed by atoms with Crippen LogP contribution in [-0.4, -0.2) is 24.7 Å². The van der Waals surface area contributed by atoms with Crippen molar-refractivity contribution >= 4 is 5.91 Å². The summed E-state index contributed by atoms with van der Waals surface area (Å²) in [6.07, 6.45) is -3.84. The zero-order chi connectivity index (χ0) is 10.8. The van der Waals surface area contributed by atoms with Gasteiger partial charge in [0.05, 0.1) is 0 Å². The second-order valence-electron chi connectivity index (χ2n) is 3.60. The normalized spacial score (nSPS) is 19.1. The number of carbonyl (C=O) groups excluding carboxylic acids is 1. The van der Waals surface area contributed by atoms with Crippen LogP contribution < -0.4 is 11.1 Å². The van der Waals surface area contributed by atoms with Crippen molar-refractivity contribution in [3.05, 3.63) is 0 Å². The van der Waals surface area contributed by atoms with Crippen molar-refractivity contribution in [2.24, 2.45) is 11.7 Å². The number of carbonyl (C=O) groups is 1. The van der Waals surface area contributed by atoms with E-state index in [1.165, 1.54) is 0 Å². The zero-order valence-corrected chi connectivity index (χ0v) is 7.60. The Kier molecular flexibility index (Phi) is 3.36. The van der Waals surface area contributed by atoms with Crippen LogP contribution in [0.5, 0.6) is 0 Å². The quantitative estimate of drug-likeness (QED) is 0.720. The molecule has 1 atom stereocenters. The summed E-state index contributed by atoms with van der Waals surface area (Å²) in [6.45, 7) is 0.138. The van der Waals surface area contributed by atoms with E-state index in [1.54, 1.807) is 0 Å². The monoisotopic (exact) mass is 210 g/mol. The van der Waals surface area contributed by atoms with Gasteiger partial charge >= 0.3 is 6.18 Å². The van der Waals surface area contributed by atoms with Crippen molar-refractivity contribution in [1.82, 2.24) is 5.32 Å². The van der Waals surface area contributed by atoms with Crippen molar-refractivity contribution in [2.75, 3.05) is 6.54 Å². The van der Waals surface area contributed by atoms with Gasteiger partial charge in [0.2, 0.25) is 5.91 Å². The van der Waals surface area contributed by atoms with Crippen molar-refractivity contribution in [3.63, 3.8) is 0 Å². The van der Waals surface area contributed by atoms with Gasteiger partial charge in [-0.15, -0.1) is 0 Å². The molecular weight excluding hydrogens is 197 g/mol. The average molecular weight is 210 g/mol. The van der Waals surface area contributed by atoms with E-state index in [0.717, 1.165) is 12.8 Å². The van der Waals surface area contributed by atoms with Crippen LogP contribution in [0.3, 0.4) is 0 Å². The summed E-state index contributed by atoms with van der Waals surface area (Å²) >= 11 is 0. The number of alkyl halides is 3. The average Bonchev–Trinajstić information content (AvgIpc) is 2.78. The first-order chi connectivity index (χ1) is 6.38. The van der Waals surface area contributed by atoms with Crippen molar-refractivity contribution in [2.45, 2.75) is 31.5 Å². The predicted molar refractivity (Wildman–Crippen MR) is 44.4 cm³/mol. The maximum absolute atomic E-state index is 11.7. The molecule has 1 aliphatic carbocycles. The van der Waals surface area contributed by atoms with Crippen LogP contribution in [0.15, 0.2) is 0 Å². The summed E-state index contributed by atoms with van der Waals surface area (Å²) in [4.78, 5) is 10.7. The molecule has 1 unspecified atom stereocenters. The zero-order valence-electron chi connectivity index (χ0n) is 7.60. The second-order valence-corrected chi connectivity index (χ2v) is 3.60. The van der Waals surface area contributed by atoms with Crippen molar-refractivity contribution in [1.29, 1.82) is 0 Å². The Bertz CT molecular complexity index is 213. The molecule has 1 rings (SSSR count). The third-order valence-electron chi connectivity index (χ3n) is 2.12. The minimum atomic E-state index is -4.44. The fraction of sp³-hybridized carbons (Fsp3) is 0.875. The lowest BCUT2D eigenvalue weighted by Gasteiger charge is -2.12. The highest BCUT2D eigenvalue weighted by Gasteiger charge is 2.32. The van der Waals surface area contributed by atoms with Crippen LogP contribution in [0.4, 0.5) is 13.2 Å². The second kappa shape index (κ2) is 4.16. The molecule has 1 amide bonds. The van der Waals surface area contributed by atoms with E-state index >= 15 is 0 Å². The summed E-state index contributed by atoms with van der Waals surface area (Å²) in [6, 6.07) is -0.202. The summed E-state index contributed by atoms with van der Waals surface area (Å²) in [7, 11) is 0. The number of amides is 1. The largest absolute Gasteiger partial charge is 0.397 e. The number of nitrogens with two attached hydrogens (primary N) is 1. The topological polar surface area (TPSA) is 55.1 Å². The summed E-state index contributed by atoms with van der Waals surface area (Å²) in [5.41, 5.74) is 5.60. The smallest absolute Gasteiger partial charge is 0.354 e. The van der Waals surface area contributed by atoms with E-state index in [1.807, 2.05) is 0 Å². The Morgan fingerprint density at radius 1 is 1.50 bits per heavy atom. The minimum absolute atomic E-state index is 0.138. The van der Waals surface area contributed by atoms with Crippen molar-refractivity contribution in [3.8, 4) is 0 Å². The summed E-state index contributed by atoms with van der Waals surface area (Å²) in [5.74, 6) is -0.630. The molecule has 1 aliphatic rings. The molecule has 0 radical (unpaired) electrons. The molecule has 0 saturated heterocycles. The first-order valence-electron chi connectivity index (χ1n) is 4.47. The van der Waals surface area contributed by atoms with Gasteiger partial charge < -0.3 is 11.1 Å². The molecule has 82 valence electrons. The van der Waals surface area contributed by atoms with Gasteiger partial charge in [-0.25, -0.2) is 0 Å². The van der Waals surface area contributed by atoms with Crippen LogP contribution in [-0.2, 0) is 4.79 Å². The molecule has 14 heavy (non-hydrogen) atoms. The summed E-state index contributed by atoms with van der Waals surface area (Å²) in [5, 5.41) is 2.18. The molecule has 0 aromatic heterocycles. The van der Waals surface area contributed by atoms with Gasteiger partial charge in [-0.1, -0.05) is 0 Å². The van der Waals surface area contributed by atoms with Crippen molar-refractivity contribution < 1.29 is 18.0 Å². The van der Waals surface area contributed by atoms with E-state index in [-0.39, 0.29) is 12.6 Å². The van der Waals surface area contributed by atoms with Gasteiger partial charge in [0, 0.05) is 12.6 Å². The van der Waals surface area contributed by atoms with Crippen LogP contribution >= 0.6 is 0 Å². The Morgan fingerprint density at radius 2 is 2.07 bits per heavy atom. The first-order valence-corrected chi connectivity index (χ1v) is 4.47. The lowest BCUT2D eigenvalue weighted by Crippen LogP contribution is -2.39. The Labute approximate surface area is 79.8 Å². The number of nitrogens with one attached hydrogen (secondary N) is 1. The standard InChI is InChI=1S/C8H13F3N2O/c9-8(10,11)3-7(14)13-4-6(12)5-1-2-5/h5-6H,1-4,12H2,(H,13,14). The molecule has 1 saturated carbocycles. The molecule has 0 heterocycles. The minimum Gasteiger partial charge on any atom is -0.354 e. The van der Waals surface area contributed by atoms with E-state index in [0.29, 0.717) is 5.92 Å². The lowest BCUT2D eigenvalue weighted by molar-refractivity contribution is -0.153. The number of hydrogen-bond donors (Lipinski definition) is 2. The highest BCUT2D eigenvalue weighted by molar-refractivity contribution is 5.76. The van der Waals surface area contributed by atoms with Gasteiger partial charge in [-0.05, 0) is 18.8 Å². The molecule has 3 nitrogen and oxygen atoms in total. The Hall–Kier alpha value is -0.780. The lowest BCUT2D eigenvalue weighted by atomic mass is 10.2. The molecule has 6 heteroatoms. The SMILES string of the molecule is NC(CNC(=O)CC(F)(F)F)C1CC1. The first kappa shape index (κ1) is 11.3. The van der Waals surface area contributed by atoms with E-state index in [4.69, 9.17) is 5.73 Å². The fourth-order valence-corrected chi connectivity index (χ4v) is 1.17. The van der Waals surface area contributed by atoms with Crippen LogP contribution in [0.1, 0.15) is 19.3 Å². The van der Waals surface area contributed by atoms with Gasteiger partial charge in [0.1, 0.15) is 6.42 Å². The number of hydrogen-bond acceptors (Lipinski definition) is 2. The van der Waals surface area contributed by atoms with Crippen LogP contribution in [0, 0.1) is 5.92 Å². The molecule has 0 aromatic rings. The highest BCUT2D eigenvalue weighted by Crippen LogP contribution is 2.31. The molecule has 0 spiro atoms. The van der Waals surface area contributed by atoms with Gasteiger partial charge in [0.15, 0.2) is 0 Å². The van der Waals surface area contributed by atoms with Crippen LogP contribution in [0.2, 0.25) is 0 Å². The summed E-state index contributed by atoms with van der Waals surface area (Å²) < 4.78 is 35.1. The maximum Gasteiger partial charge on any atom is 0.397 e. The predicted octanol–water partition coefficient (Wildman–Crippen LogP) is 0.792. The maximum atomic E-state index is 11.7. The number of rotatable bonds is 4. The third kappa shape index (κ3) is 4.45. The fourth-order valence-electron chi connectivity index (χ4n) is 1.17. The van der Waals surface area contributed by atoms with Gasteiger partial charge in [-0.2, -0.15) is 13.2 Å². The molecular formula is C8H13F3N2O. The number of halogens is 3. The van der Waals surface area contributed by atoms with Crippen LogP contribution in [0.25, 0.3) is 0 Å². The molecule has 0 aliphatic heterocycles. The Balaban J connectivity index is 2.14. The van der Waals surface area contributed by atoms with Gasteiger partial charge in [0.25, 0.3) is 0 Å². The third-order valence-corrected chi connectivity index (χ3v) is 2.12. The van der Waals surface area contributed by atoms with E-state index in [2.05, 4.69) is 5.32 Å².